The Labute approximate surface area is 109 Å². The summed E-state index contributed by atoms with van der Waals surface area (Å²) in [6.45, 7) is 11.1. The molecule has 1 fully saturated rings. The third kappa shape index (κ3) is 2.00. The number of urea groups is 1. The highest BCUT2D eigenvalue weighted by Gasteiger charge is 2.52. The molecule has 102 valence electrons. The Balaban J connectivity index is 2.23. The Morgan fingerprint density at radius 2 is 2.06 bits per heavy atom. The first-order valence-corrected chi connectivity index (χ1v) is 6.77. The summed E-state index contributed by atoms with van der Waals surface area (Å²) in [5.41, 5.74) is 5.71. The van der Waals surface area contributed by atoms with Crippen molar-refractivity contribution < 1.29 is 4.79 Å². The monoisotopic (exact) mass is 252 g/mol. The van der Waals surface area contributed by atoms with Gasteiger partial charge < -0.3 is 10.6 Å². The van der Waals surface area contributed by atoms with Crippen molar-refractivity contribution >= 4 is 11.9 Å². The summed E-state index contributed by atoms with van der Waals surface area (Å²) in [5.74, 6) is 0.941. The molecule has 1 spiro atoms. The van der Waals surface area contributed by atoms with Crippen molar-refractivity contribution in [2.45, 2.75) is 45.7 Å². The van der Waals surface area contributed by atoms with Gasteiger partial charge in [-0.2, -0.15) is 4.99 Å². The number of likely N-dealkylation sites (tertiary alicyclic amines) is 1. The SMILES string of the molecule is CC(C)CN1C(=O)N=C(N)C12CCN(C(C)C)C2. The number of carbonyl (C=O) groups excluding carboxylic acids is 1. The number of nitrogens with two attached hydrogens (primary N) is 1. The van der Waals surface area contributed by atoms with E-state index in [0.717, 1.165) is 26.1 Å². The number of hydrogen-bond donors (Lipinski definition) is 1. The number of amides is 2. The molecule has 18 heavy (non-hydrogen) atoms. The summed E-state index contributed by atoms with van der Waals surface area (Å²) in [6, 6.07) is 0.320. The molecule has 2 aliphatic heterocycles. The van der Waals surface area contributed by atoms with E-state index in [9.17, 15) is 4.79 Å². The summed E-state index contributed by atoms with van der Waals surface area (Å²) in [5, 5.41) is 0. The van der Waals surface area contributed by atoms with E-state index < -0.39 is 0 Å². The third-order valence-electron chi connectivity index (χ3n) is 4.00. The van der Waals surface area contributed by atoms with Crippen molar-refractivity contribution in [2.24, 2.45) is 16.6 Å². The van der Waals surface area contributed by atoms with Crippen LogP contribution in [0.3, 0.4) is 0 Å². The number of aliphatic imine (C=N–C) groups is 1. The van der Waals surface area contributed by atoms with Gasteiger partial charge in [0.05, 0.1) is 0 Å². The molecule has 0 aromatic rings. The molecule has 0 saturated carbocycles. The van der Waals surface area contributed by atoms with Gasteiger partial charge in [0.25, 0.3) is 0 Å². The topological polar surface area (TPSA) is 61.9 Å². The van der Waals surface area contributed by atoms with Gasteiger partial charge in [-0.3, -0.25) is 4.90 Å². The van der Waals surface area contributed by atoms with Crippen molar-refractivity contribution in [3.8, 4) is 0 Å². The maximum absolute atomic E-state index is 12.0. The molecule has 2 amide bonds. The molecule has 5 nitrogen and oxygen atoms in total. The summed E-state index contributed by atoms with van der Waals surface area (Å²) in [4.78, 5) is 20.3. The standard InChI is InChI=1S/C13H24N4O/c1-9(2)7-17-12(18)15-11(14)13(17)5-6-16(8-13)10(3)4/h9-10H,5-8H2,1-4H3,(H2,14,15,18). The highest BCUT2D eigenvalue weighted by molar-refractivity contribution is 6.06. The van der Waals surface area contributed by atoms with E-state index in [0.29, 0.717) is 17.8 Å². The van der Waals surface area contributed by atoms with Crippen LogP contribution in [0.1, 0.15) is 34.1 Å². The van der Waals surface area contributed by atoms with Gasteiger partial charge in [-0.05, 0) is 26.2 Å². The molecule has 2 N–H and O–H groups in total. The highest BCUT2D eigenvalue weighted by Crippen LogP contribution is 2.34. The Kier molecular flexibility index (Phi) is 3.36. The van der Waals surface area contributed by atoms with Gasteiger partial charge in [0, 0.05) is 25.7 Å². The van der Waals surface area contributed by atoms with Crippen molar-refractivity contribution in [2.75, 3.05) is 19.6 Å². The van der Waals surface area contributed by atoms with Crippen LogP contribution in [0.4, 0.5) is 4.79 Å². The molecular weight excluding hydrogens is 228 g/mol. The van der Waals surface area contributed by atoms with Crippen LogP contribution < -0.4 is 5.73 Å². The van der Waals surface area contributed by atoms with E-state index in [1.54, 1.807) is 0 Å². The van der Waals surface area contributed by atoms with Crippen LogP contribution >= 0.6 is 0 Å². The van der Waals surface area contributed by atoms with Crippen LogP contribution in [0.5, 0.6) is 0 Å². The van der Waals surface area contributed by atoms with Crippen LogP contribution in [-0.4, -0.2) is 52.9 Å². The van der Waals surface area contributed by atoms with Crippen LogP contribution in [0.2, 0.25) is 0 Å². The first-order chi connectivity index (χ1) is 8.36. The van der Waals surface area contributed by atoms with Gasteiger partial charge in [0.2, 0.25) is 0 Å². The lowest BCUT2D eigenvalue weighted by molar-refractivity contribution is 0.155. The molecule has 2 rings (SSSR count). The zero-order valence-corrected chi connectivity index (χ0v) is 11.8. The quantitative estimate of drug-likeness (QED) is 0.823. The fraction of sp³-hybridized carbons (Fsp3) is 0.846. The van der Waals surface area contributed by atoms with Crippen molar-refractivity contribution in [3.63, 3.8) is 0 Å². The fourth-order valence-electron chi connectivity index (χ4n) is 2.90. The van der Waals surface area contributed by atoms with E-state index in [1.165, 1.54) is 0 Å². The second kappa shape index (κ2) is 4.53. The molecule has 0 aromatic heterocycles. The summed E-state index contributed by atoms with van der Waals surface area (Å²) >= 11 is 0. The van der Waals surface area contributed by atoms with Gasteiger partial charge in [-0.15, -0.1) is 0 Å². The first-order valence-electron chi connectivity index (χ1n) is 6.77. The maximum Gasteiger partial charge on any atom is 0.346 e. The van der Waals surface area contributed by atoms with E-state index in [4.69, 9.17) is 5.73 Å². The van der Waals surface area contributed by atoms with Gasteiger partial charge in [-0.25, -0.2) is 4.79 Å². The molecule has 5 heteroatoms. The van der Waals surface area contributed by atoms with Crippen molar-refractivity contribution in [1.29, 1.82) is 0 Å². The molecule has 1 saturated heterocycles. The predicted molar refractivity (Wildman–Crippen MR) is 72.6 cm³/mol. The Morgan fingerprint density at radius 3 is 2.56 bits per heavy atom. The molecule has 2 aliphatic rings. The molecule has 0 aromatic carbocycles. The van der Waals surface area contributed by atoms with Crippen LogP contribution in [0, 0.1) is 5.92 Å². The smallest absolute Gasteiger partial charge is 0.346 e. The van der Waals surface area contributed by atoms with Gasteiger partial charge in [0.15, 0.2) is 0 Å². The van der Waals surface area contributed by atoms with E-state index in [-0.39, 0.29) is 11.6 Å². The lowest BCUT2D eigenvalue weighted by Crippen LogP contribution is -2.57. The van der Waals surface area contributed by atoms with E-state index >= 15 is 0 Å². The van der Waals surface area contributed by atoms with Crippen LogP contribution in [0.15, 0.2) is 4.99 Å². The fourth-order valence-corrected chi connectivity index (χ4v) is 2.90. The summed E-state index contributed by atoms with van der Waals surface area (Å²) < 4.78 is 0. The average molecular weight is 252 g/mol. The summed E-state index contributed by atoms with van der Waals surface area (Å²) in [6.07, 6.45) is 0.902. The zero-order valence-electron chi connectivity index (χ0n) is 11.8. The molecule has 1 atom stereocenters. The minimum absolute atomic E-state index is 0.160. The highest BCUT2D eigenvalue weighted by atomic mass is 16.2. The molecule has 0 aliphatic carbocycles. The Hall–Kier alpha value is -1.10. The first kappa shape index (κ1) is 13.3. The minimum atomic E-state index is -0.342. The lowest BCUT2D eigenvalue weighted by atomic mass is 9.95. The van der Waals surface area contributed by atoms with Crippen molar-refractivity contribution in [1.82, 2.24) is 9.80 Å². The number of rotatable bonds is 3. The number of hydrogen-bond acceptors (Lipinski definition) is 3. The predicted octanol–water partition coefficient (Wildman–Crippen LogP) is 1.29. The number of amidine groups is 1. The van der Waals surface area contributed by atoms with E-state index in [2.05, 4.69) is 37.6 Å². The summed E-state index contributed by atoms with van der Waals surface area (Å²) in [7, 11) is 0. The molecule has 0 bridgehead atoms. The lowest BCUT2D eigenvalue weighted by Gasteiger charge is -2.36. The Morgan fingerprint density at radius 1 is 1.39 bits per heavy atom. The minimum Gasteiger partial charge on any atom is -0.385 e. The second-order valence-corrected chi connectivity index (χ2v) is 6.13. The zero-order chi connectivity index (χ0) is 13.5. The molecule has 0 radical (unpaired) electrons. The van der Waals surface area contributed by atoms with Gasteiger partial charge in [-0.1, -0.05) is 13.8 Å². The maximum atomic E-state index is 12.0. The third-order valence-corrected chi connectivity index (χ3v) is 4.00. The van der Waals surface area contributed by atoms with Crippen LogP contribution in [0.25, 0.3) is 0 Å². The largest absolute Gasteiger partial charge is 0.385 e. The normalized spacial score (nSPS) is 29.1. The van der Waals surface area contributed by atoms with Gasteiger partial charge in [0.1, 0.15) is 11.4 Å². The molecular formula is C13H24N4O. The number of carbonyl (C=O) groups is 1. The number of nitrogens with zero attached hydrogens (tertiary/aromatic N) is 3. The van der Waals surface area contributed by atoms with Gasteiger partial charge >= 0.3 is 6.03 Å². The van der Waals surface area contributed by atoms with Crippen LogP contribution in [-0.2, 0) is 0 Å². The average Bonchev–Trinajstić information content (AvgIpc) is 2.78. The Bertz CT molecular complexity index is 377. The molecule has 2 heterocycles. The van der Waals surface area contributed by atoms with E-state index in [1.807, 2.05) is 4.90 Å². The van der Waals surface area contributed by atoms with Crippen molar-refractivity contribution in [3.05, 3.63) is 0 Å². The second-order valence-electron chi connectivity index (χ2n) is 6.13. The molecule has 1 unspecified atom stereocenters.